The Morgan fingerprint density at radius 3 is 2.79 bits per heavy atom. The van der Waals surface area contributed by atoms with Crippen molar-refractivity contribution in [1.29, 1.82) is 0 Å². The Morgan fingerprint density at radius 2 is 2.12 bits per heavy atom. The van der Waals surface area contributed by atoms with Crippen LogP contribution in [-0.2, 0) is 11.2 Å². The number of thiophene rings is 1. The van der Waals surface area contributed by atoms with Gasteiger partial charge >= 0.3 is 6.03 Å². The van der Waals surface area contributed by atoms with Crippen LogP contribution in [-0.4, -0.2) is 39.9 Å². The highest BCUT2D eigenvalue weighted by Gasteiger charge is 2.27. The molecule has 1 aliphatic carbocycles. The highest BCUT2D eigenvalue weighted by atomic mass is 32.2. The summed E-state index contributed by atoms with van der Waals surface area (Å²) in [4.78, 5) is 44.8. The lowest BCUT2D eigenvalue weighted by atomic mass is 10.2. The number of hydrogen-bond donors (Lipinski definition) is 2. The maximum absolute atomic E-state index is 13.7. The average molecular weight is 487 g/mol. The van der Waals surface area contributed by atoms with Gasteiger partial charge in [0.2, 0.25) is 5.91 Å². The van der Waals surface area contributed by atoms with Crippen LogP contribution >= 0.6 is 23.1 Å². The molecular formula is C23H26N4O4S2. The second kappa shape index (κ2) is 9.56. The van der Waals surface area contributed by atoms with E-state index in [4.69, 9.17) is 9.72 Å². The predicted octanol–water partition coefficient (Wildman–Crippen LogP) is 3.80. The van der Waals surface area contributed by atoms with Crippen molar-refractivity contribution in [1.82, 2.24) is 20.2 Å². The minimum absolute atomic E-state index is 0.151. The fourth-order valence-corrected chi connectivity index (χ4v) is 5.56. The van der Waals surface area contributed by atoms with E-state index in [2.05, 4.69) is 10.6 Å². The van der Waals surface area contributed by atoms with Gasteiger partial charge in [0.1, 0.15) is 10.6 Å². The molecule has 0 saturated heterocycles. The molecule has 3 aromatic rings. The van der Waals surface area contributed by atoms with Crippen molar-refractivity contribution in [2.75, 3.05) is 7.11 Å². The summed E-state index contributed by atoms with van der Waals surface area (Å²) in [5.74, 6) is 0.163. The molecule has 8 nitrogen and oxygen atoms in total. The summed E-state index contributed by atoms with van der Waals surface area (Å²) in [5, 5.41) is 5.44. The molecule has 1 aromatic carbocycles. The molecule has 1 fully saturated rings. The highest BCUT2D eigenvalue weighted by Crippen LogP contribution is 2.32. The standard InChI is InChI=1S/C23H26N4O4S2/c1-5-17-12(2)18-20(33-17)26-23(27(21(18)29)15-7-6-8-16(11-15)31-4)32-13(3)19(28)25-22(30)24-14-9-10-14/h6-8,11,13-14H,5,9-10H2,1-4H3,(H2,24,25,28,30). The first-order valence-electron chi connectivity index (χ1n) is 10.8. The van der Waals surface area contributed by atoms with Crippen molar-refractivity contribution in [3.8, 4) is 11.4 Å². The Morgan fingerprint density at radius 1 is 1.36 bits per heavy atom. The van der Waals surface area contributed by atoms with E-state index < -0.39 is 17.2 Å². The van der Waals surface area contributed by atoms with Gasteiger partial charge in [-0.2, -0.15) is 0 Å². The van der Waals surface area contributed by atoms with Gasteiger partial charge in [-0.25, -0.2) is 9.78 Å². The Hall–Kier alpha value is -2.85. The number of methoxy groups -OCH3 is 1. The topological polar surface area (TPSA) is 102 Å². The first-order chi connectivity index (χ1) is 15.8. The van der Waals surface area contributed by atoms with Crippen LogP contribution in [0.2, 0.25) is 0 Å². The van der Waals surface area contributed by atoms with Crippen molar-refractivity contribution >= 4 is 45.3 Å². The summed E-state index contributed by atoms with van der Waals surface area (Å²) < 4.78 is 6.86. The van der Waals surface area contributed by atoms with Gasteiger partial charge in [0.05, 0.1) is 23.4 Å². The molecule has 0 radical (unpaired) electrons. The predicted molar refractivity (Wildman–Crippen MR) is 131 cm³/mol. The molecule has 0 aliphatic heterocycles. The van der Waals surface area contributed by atoms with E-state index in [9.17, 15) is 14.4 Å². The number of fused-ring (bicyclic) bond motifs is 1. The molecule has 4 rings (SSSR count). The largest absolute Gasteiger partial charge is 0.497 e. The maximum atomic E-state index is 13.7. The Labute approximate surface area is 199 Å². The lowest BCUT2D eigenvalue weighted by molar-refractivity contribution is -0.119. The summed E-state index contributed by atoms with van der Waals surface area (Å²) in [5.41, 5.74) is 1.34. The van der Waals surface area contributed by atoms with Gasteiger partial charge < -0.3 is 10.1 Å². The third-order valence-corrected chi connectivity index (χ3v) is 7.85. The van der Waals surface area contributed by atoms with E-state index in [1.54, 1.807) is 38.3 Å². The van der Waals surface area contributed by atoms with Gasteiger partial charge in [-0.15, -0.1) is 11.3 Å². The van der Waals surface area contributed by atoms with Crippen LogP contribution in [0.4, 0.5) is 4.79 Å². The summed E-state index contributed by atoms with van der Waals surface area (Å²) in [7, 11) is 1.56. The summed E-state index contributed by atoms with van der Waals surface area (Å²) in [6, 6.07) is 6.82. The number of aryl methyl sites for hydroxylation is 2. The summed E-state index contributed by atoms with van der Waals surface area (Å²) in [6.07, 6.45) is 2.67. The number of carbonyl (C=O) groups excluding carboxylic acids is 2. The lowest BCUT2D eigenvalue weighted by Crippen LogP contribution is -2.43. The number of hydrogen-bond acceptors (Lipinski definition) is 7. The number of ether oxygens (including phenoxy) is 1. The van der Waals surface area contributed by atoms with Crippen LogP contribution in [0.1, 0.15) is 37.1 Å². The number of imide groups is 1. The van der Waals surface area contributed by atoms with Crippen LogP contribution < -0.4 is 20.9 Å². The number of nitrogens with one attached hydrogen (secondary N) is 2. The quantitative estimate of drug-likeness (QED) is 0.389. The number of thioether (sulfide) groups is 1. The zero-order valence-electron chi connectivity index (χ0n) is 18.9. The van der Waals surface area contributed by atoms with E-state index in [0.717, 1.165) is 41.5 Å². The second-order valence-corrected chi connectivity index (χ2v) is 10.3. The van der Waals surface area contributed by atoms with Crippen molar-refractivity contribution < 1.29 is 14.3 Å². The molecule has 0 spiro atoms. The minimum atomic E-state index is -0.650. The summed E-state index contributed by atoms with van der Waals surface area (Å²) in [6.45, 7) is 5.68. The van der Waals surface area contributed by atoms with Crippen LogP contribution in [0.25, 0.3) is 15.9 Å². The van der Waals surface area contributed by atoms with Crippen molar-refractivity contribution in [3.63, 3.8) is 0 Å². The first kappa shape index (κ1) is 23.3. The maximum Gasteiger partial charge on any atom is 0.321 e. The van der Waals surface area contributed by atoms with E-state index in [1.165, 1.54) is 15.9 Å². The molecular weight excluding hydrogens is 460 g/mol. The third-order valence-electron chi connectivity index (χ3n) is 5.47. The Balaban J connectivity index is 1.74. The monoisotopic (exact) mass is 486 g/mol. The van der Waals surface area contributed by atoms with E-state index in [1.807, 2.05) is 13.8 Å². The molecule has 0 bridgehead atoms. The molecule has 1 aliphatic rings. The lowest BCUT2D eigenvalue weighted by Gasteiger charge is -2.16. The third kappa shape index (κ3) is 4.91. The van der Waals surface area contributed by atoms with Crippen molar-refractivity contribution in [2.45, 2.75) is 56.5 Å². The molecule has 1 saturated carbocycles. The smallest absolute Gasteiger partial charge is 0.321 e. The second-order valence-electron chi connectivity index (χ2n) is 7.92. The number of rotatable bonds is 7. The molecule has 33 heavy (non-hydrogen) atoms. The Kier molecular flexibility index (Phi) is 6.76. The van der Waals surface area contributed by atoms with Gasteiger partial charge in [-0.1, -0.05) is 24.8 Å². The first-order valence-corrected chi connectivity index (χ1v) is 12.5. The number of nitrogens with zero attached hydrogens (tertiary/aromatic N) is 2. The molecule has 2 heterocycles. The molecule has 10 heteroatoms. The molecule has 2 aromatic heterocycles. The van der Waals surface area contributed by atoms with Crippen LogP contribution in [0.15, 0.2) is 34.2 Å². The van der Waals surface area contributed by atoms with E-state index >= 15 is 0 Å². The van der Waals surface area contributed by atoms with Gasteiger partial charge in [-0.3, -0.25) is 19.5 Å². The Bertz CT molecular complexity index is 1280. The number of amides is 3. The fraction of sp³-hybridized carbons (Fsp3) is 0.391. The van der Waals surface area contributed by atoms with Gasteiger partial charge in [0, 0.05) is 17.0 Å². The molecule has 2 N–H and O–H groups in total. The van der Waals surface area contributed by atoms with Crippen molar-refractivity contribution in [2.24, 2.45) is 0 Å². The van der Waals surface area contributed by atoms with Crippen molar-refractivity contribution in [3.05, 3.63) is 45.1 Å². The van der Waals surface area contributed by atoms with E-state index in [0.29, 0.717) is 26.8 Å². The number of carbonyl (C=O) groups is 2. The normalized spacial score (nSPS) is 14.2. The highest BCUT2D eigenvalue weighted by molar-refractivity contribution is 8.00. The van der Waals surface area contributed by atoms with E-state index in [-0.39, 0.29) is 11.6 Å². The summed E-state index contributed by atoms with van der Waals surface area (Å²) >= 11 is 2.64. The van der Waals surface area contributed by atoms with Gasteiger partial charge in [-0.05, 0) is 50.8 Å². The van der Waals surface area contributed by atoms with Gasteiger partial charge in [0.25, 0.3) is 5.56 Å². The molecule has 174 valence electrons. The average Bonchev–Trinajstić information content (AvgIpc) is 3.54. The van der Waals surface area contributed by atoms with Crippen LogP contribution in [0.5, 0.6) is 5.75 Å². The SMILES string of the molecule is CCc1sc2nc(SC(C)C(=O)NC(=O)NC3CC3)n(-c3cccc(OC)c3)c(=O)c2c1C. The number of benzene rings is 1. The zero-order valence-corrected chi connectivity index (χ0v) is 20.6. The molecule has 1 unspecified atom stereocenters. The molecule has 1 atom stereocenters. The molecule has 3 amide bonds. The number of aromatic nitrogens is 2. The zero-order chi connectivity index (χ0) is 23.7. The number of urea groups is 1. The van der Waals surface area contributed by atoms with Crippen LogP contribution in [0.3, 0.4) is 0 Å². The minimum Gasteiger partial charge on any atom is -0.497 e. The van der Waals surface area contributed by atoms with Gasteiger partial charge in [0.15, 0.2) is 5.16 Å². The van der Waals surface area contributed by atoms with Crippen LogP contribution in [0, 0.1) is 6.92 Å². The fourth-order valence-electron chi connectivity index (χ4n) is 3.48.